The van der Waals surface area contributed by atoms with Crippen molar-refractivity contribution in [2.24, 2.45) is 0 Å². The summed E-state index contributed by atoms with van der Waals surface area (Å²) in [6.07, 6.45) is 1.88. The third-order valence-corrected chi connectivity index (χ3v) is 4.01. The van der Waals surface area contributed by atoms with Gasteiger partial charge in [-0.2, -0.15) is 0 Å². The predicted molar refractivity (Wildman–Crippen MR) is 89.9 cm³/mol. The Morgan fingerprint density at radius 3 is 2.74 bits per heavy atom. The summed E-state index contributed by atoms with van der Waals surface area (Å²) in [7, 11) is 0. The molecule has 0 saturated carbocycles. The molecule has 0 amide bonds. The minimum Gasteiger partial charge on any atom is -0.477 e. The fourth-order valence-electron chi connectivity index (χ4n) is 2.18. The first-order valence-corrected chi connectivity index (χ1v) is 8.07. The first-order chi connectivity index (χ1) is 10.9. The van der Waals surface area contributed by atoms with Gasteiger partial charge in [0.15, 0.2) is 5.69 Å². The lowest BCUT2D eigenvalue weighted by atomic mass is 10.2. The zero-order chi connectivity index (χ0) is 17.0. The maximum atomic E-state index is 11.5. The van der Waals surface area contributed by atoms with Crippen LogP contribution in [0.25, 0.3) is 0 Å². The average Bonchev–Trinajstić information content (AvgIpc) is 2.78. The lowest BCUT2D eigenvalue weighted by Crippen LogP contribution is -2.12. The number of carboxylic acids is 1. The van der Waals surface area contributed by atoms with Crippen molar-refractivity contribution in [1.29, 1.82) is 0 Å². The molecule has 0 spiro atoms. The molecule has 0 radical (unpaired) electrons. The average molecular weight is 357 g/mol. The van der Waals surface area contributed by atoms with Crippen molar-refractivity contribution < 1.29 is 14.6 Å². The van der Waals surface area contributed by atoms with Gasteiger partial charge in [-0.25, -0.2) is 9.48 Å². The van der Waals surface area contributed by atoms with Crippen molar-refractivity contribution >= 4 is 29.2 Å². The van der Waals surface area contributed by atoms with Crippen molar-refractivity contribution in [3.63, 3.8) is 0 Å². The van der Waals surface area contributed by atoms with Gasteiger partial charge in [-0.3, -0.25) is 0 Å². The van der Waals surface area contributed by atoms with E-state index < -0.39 is 5.97 Å². The van der Waals surface area contributed by atoms with Gasteiger partial charge in [0.25, 0.3) is 0 Å². The first kappa shape index (κ1) is 17.6. The summed E-state index contributed by atoms with van der Waals surface area (Å²) in [5.41, 5.74) is 1.35. The van der Waals surface area contributed by atoms with E-state index in [1.807, 2.05) is 0 Å². The quantitative estimate of drug-likeness (QED) is 0.745. The number of hydrogen-bond acceptors (Lipinski definition) is 3. The monoisotopic (exact) mass is 356 g/mol. The summed E-state index contributed by atoms with van der Waals surface area (Å²) in [5.74, 6) is -0.702. The van der Waals surface area contributed by atoms with Crippen LogP contribution in [0.3, 0.4) is 0 Å². The van der Waals surface area contributed by atoms with Gasteiger partial charge in [-0.1, -0.05) is 42.6 Å². The number of ether oxygens (including phenoxy) is 1. The number of carbonyl (C=O) groups is 1. The molecule has 5 nitrogen and oxygen atoms in total. The molecule has 0 aliphatic heterocycles. The molecule has 124 valence electrons. The van der Waals surface area contributed by atoms with Crippen molar-refractivity contribution in [2.75, 3.05) is 6.61 Å². The standard InChI is InChI=1S/C16H18Cl2N2O3/c1-3-4-7-23-15-10(2)14(16(21)22)20(19-15)9-11-5-6-12(17)8-13(11)18/h5-6,8H,3-4,7,9H2,1-2H3,(H,21,22). The van der Waals surface area contributed by atoms with Crippen LogP contribution in [-0.4, -0.2) is 27.5 Å². The maximum absolute atomic E-state index is 11.5. The molecule has 0 fully saturated rings. The van der Waals surface area contributed by atoms with E-state index in [1.165, 1.54) is 4.68 Å². The van der Waals surface area contributed by atoms with Crippen molar-refractivity contribution in [2.45, 2.75) is 33.2 Å². The van der Waals surface area contributed by atoms with Gasteiger partial charge < -0.3 is 9.84 Å². The number of rotatable bonds is 7. The van der Waals surface area contributed by atoms with E-state index in [9.17, 15) is 9.90 Å². The zero-order valence-corrected chi connectivity index (χ0v) is 14.5. The maximum Gasteiger partial charge on any atom is 0.354 e. The SMILES string of the molecule is CCCCOc1nn(Cc2ccc(Cl)cc2Cl)c(C(=O)O)c1C. The number of aromatic carboxylic acids is 1. The van der Waals surface area contributed by atoms with Crippen molar-refractivity contribution in [3.05, 3.63) is 45.1 Å². The second kappa shape index (κ2) is 7.70. The van der Waals surface area contributed by atoms with Gasteiger partial charge in [-0.15, -0.1) is 5.10 Å². The molecule has 0 aliphatic rings. The lowest BCUT2D eigenvalue weighted by molar-refractivity contribution is 0.0683. The Labute approximate surface area is 144 Å². The summed E-state index contributed by atoms with van der Waals surface area (Å²) in [6, 6.07) is 5.08. The Balaban J connectivity index is 2.32. The van der Waals surface area contributed by atoms with E-state index >= 15 is 0 Å². The highest BCUT2D eigenvalue weighted by Gasteiger charge is 2.21. The second-order valence-corrected chi connectivity index (χ2v) is 6.02. The highest BCUT2D eigenvalue weighted by atomic mass is 35.5. The van der Waals surface area contributed by atoms with Crippen LogP contribution in [0.4, 0.5) is 0 Å². The Hall–Kier alpha value is -1.72. The van der Waals surface area contributed by atoms with Gasteiger partial charge >= 0.3 is 5.97 Å². The molecule has 1 aromatic heterocycles. The summed E-state index contributed by atoms with van der Waals surface area (Å²) in [5, 5.41) is 14.7. The topological polar surface area (TPSA) is 64.4 Å². The Kier molecular flexibility index (Phi) is 5.91. The first-order valence-electron chi connectivity index (χ1n) is 7.31. The highest BCUT2D eigenvalue weighted by Crippen LogP contribution is 2.25. The molecular formula is C16H18Cl2N2O3. The molecule has 0 atom stereocenters. The summed E-state index contributed by atoms with van der Waals surface area (Å²) >= 11 is 12.0. The zero-order valence-electron chi connectivity index (χ0n) is 13.0. The summed E-state index contributed by atoms with van der Waals surface area (Å²) in [4.78, 5) is 11.5. The molecule has 7 heteroatoms. The number of carboxylic acid groups (broad SMARTS) is 1. The molecular weight excluding hydrogens is 339 g/mol. The van der Waals surface area contributed by atoms with E-state index in [0.29, 0.717) is 28.1 Å². The number of unbranched alkanes of at least 4 members (excludes halogenated alkanes) is 1. The van der Waals surface area contributed by atoms with Gasteiger partial charge in [-0.05, 0) is 31.0 Å². The van der Waals surface area contributed by atoms with Gasteiger partial charge in [0.2, 0.25) is 5.88 Å². The van der Waals surface area contributed by atoms with E-state index in [0.717, 1.165) is 18.4 Å². The predicted octanol–water partition coefficient (Wildman–Crippen LogP) is 4.42. The normalized spacial score (nSPS) is 10.8. The largest absolute Gasteiger partial charge is 0.477 e. The van der Waals surface area contributed by atoms with Crippen molar-refractivity contribution in [3.8, 4) is 5.88 Å². The number of nitrogens with zero attached hydrogens (tertiary/aromatic N) is 2. The number of hydrogen-bond donors (Lipinski definition) is 1. The third kappa shape index (κ3) is 4.18. The molecule has 0 unspecified atom stereocenters. The second-order valence-electron chi connectivity index (χ2n) is 5.18. The fourth-order valence-corrected chi connectivity index (χ4v) is 2.64. The van der Waals surface area contributed by atoms with E-state index in [1.54, 1.807) is 25.1 Å². The van der Waals surface area contributed by atoms with Crippen LogP contribution in [-0.2, 0) is 6.54 Å². The summed E-state index contributed by atoms with van der Waals surface area (Å²) in [6.45, 7) is 4.49. The van der Waals surface area contributed by atoms with Crippen LogP contribution in [0.1, 0.15) is 41.4 Å². The molecule has 2 aromatic rings. The van der Waals surface area contributed by atoms with Crippen LogP contribution < -0.4 is 4.74 Å². The Morgan fingerprint density at radius 2 is 2.13 bits per heavy atom. The molecule has 0 bridgehead atoms. The fraction of sp³-hybridized carbons (Fsp3) is 0.375. The minimum atomic E-state index is -1.05. The van der Waals surface area contributed by atoms with Gasteiger partial charge in [0.05, 0.1) is 13.2 Å². The van der Waals surface area contributed by atoms with E-state index in [4.69, 9.17) is 27.9 Å². The van der Waals surface area contributed by atoms with Crippen LogP contribution >= 0.6 is 23.2 Å². The molecule has 0 saturated heterocycles. The highest BCUT2D eigenvalue weighted by molar-refractivity contribution is 6.35. The number of benzene rings is 1. The Bertz CT molecular complexity index is 714. The molecule has 23 heavy (non-hydrogen) atoms. The Morgan fingerprint density at radius 1 is 1.39 bits per heavy atom. The smallest absolute Gasteiger partial charge is 0.354 e. The van der Waals surface area contributed by atoms with Crippen molar-refractivity contribution in [1.82, 2.24) is 9.78 Å². The molecule has 1 N–H and O–H groups in total. The van der Waals surface area contributed by atoms with Gasteiger partial charge in [0, 0.05) is 15.6 Å². The van der Waals surface area contributed by atoms with Crippen LogP contribution in [0.2, 0.25) is 10.0 Å². The molecule has 1 aromatic carbocycles. The minimum absolute atomic E-state index is 0.0996. The molecule has 2 rings (SSSR count). The summed E-state index contributed by atoms with van der Waals surface area (Å²) < 4.78 is 6.98. The van der Waals surface area contributed by atoms with Crippen LogP contribution in [0, 0.1) is 6.92 Å². The molecule has 1 heterocycles. The number of halogens is 2. The van der Waals surface area contributed by atoms with Crippen LogP contribution in [0.15, 0.2) is 18.2 Å². The van der Waals surface area contributed by atoms with E-state index in [2.05, 4.69) is 12.0 Å². The third-order valence-electron chi connectivity index (χ3n) is 3.42. The molecule has 0 aliphatic carbocycles. The van der Waals surface area contributed by atoms with E-state index in [-0.39, 0.29) is 12.2 Å². The van der Waals surface area contributed by atoms with Gasteiger partial charge in [0.1, 0.15) is 0 Å². The lowest BCUT2D eigenvalue weighted by Gasteiger charge is -2.07. The number of aromatic nitrogens is 2. The van der Waals surface area contributed by atoms with Crippen LogP contribution in [0.5, 0.6) is 5.88 Å².